The van der Waals surface area contributed by atoms with E-state index in [0.29, 0.717) is 13.1 Å². The molecular weight excluding hydrogens is 276 g/mol. The van der Waals surface area contributed by atoms with Crippen LogP contribution in [0.4, 0.5) is 4.79 Å². The SMILES string of the molecule is CC(Cc1cccs1)NC(=O)N1C[C@@H](C)[C@H](C(=O)O)C1. The highest BCUT2D eigenvalue weighted by Crippen LogP contribution is 2.23. The second kappa shape index (κ2) is 6.26. The number of carbonyl (C=O) groups excluding carboxylic acids is 1. The van der Waals surface area contributed by atoms with Crippen molar-refractivity contribution in [1.82, 2.24) is 10.2 Å². The van der Waals surface area contributed by atoms with Crippen molar-refractivity contribution in [3.05, 3.63) is 22.4 Å². The zero-order valence-corrected chi connectivity index (χ0v) is 12.5. The zero-order valence-electron chi connectivity index (χ0n) is 11.7. The normalized spacial score (nSPS) is 23.6. The minimum Gasteiger partial charge on any atom is -0.481 e. The number of hydrogen-bond acceptors (Lipinski definition) is 3. The lowest BCUT2D eigenvalue weighted by molar-refractivity contribution is -0.142. The van der Waals surface area contributed by atoms with Crippen molar-refractivity contribution in [1.29, 1.82) is 0 Å². The number of carboxylic acids is 1. The van der Waals surface area contributed by atoms with Gasteiger partial charge in [-0.3, -0.25) is 4.79 Å². The molecule has 2 N–H and O–H groups in total. The van der Waals surface area contributed by atoms with Gasteiger partial charge in [0.1, 0.15) is 0 Å². The molecule has 1 saturated heterocycles. The van der Waals surface area contributed by atoms with E-state index in [0.717, 1.165) is 6.42 Å². The average molecular weight is 296 g/mol. The highest BCUT2D eigenvalue weighted by molar-refractivity contribution is 7.09. The molecule has 1 aromatic heterocycles. The Morgan fingerprint density at radius 3 is 2.85 bits per heavy atom. The third kappa shape index (κ3) is 3.50. The van der Waals surface area contributed by atoms with Crippen LogP contribution in [-0.2, 0) is 11.2 Å². The second-order valence-electron chi connectivity index (χ2n) is 5.46. The van der Waals surface area contributed by atoms with Gasteiger partial charge >= 0.3 is 12.0 Å². The fourth-order valence-corrected chi connectivity index (χ4v) is 3.37. The number of nitrogens with zero attached hydrogens (tertiary/aromatic N) is 1. The van der Waals surface area contributed by atoms with E-state index in [1.807, 2.05) is 31.4 Å². The molecule has 1 fully saturated rings. The Bertz CT molecular complexity index is 475. The van der Waals surface area contributed by atoms with Crippen LogP contribution in [0.25, 0.3) is 0 Å². The van der Waals surface area contributed by atoms with Gasteiger partial charge in [0.15, 0.2) is 0 Å². The largest absolute Gasteiger partial charge is 0.481 e. The van der Waals surface area contributed by atoms with Crippen LogP contribution in [-0.4, -0.2) is 41.1 Å². The first-order valence-corrected chi connectivity index (χ1v) is 7.66. The summed E-state index contributed by atoms with van der Waals surface area (Å²) >= 11 is 1.67. The topological polar surface area (TPSA) is 69.6 Å². The van der Waals surface area contributed by atoms with Gasteiger partial charge in [0.05, 0.1) is 5.92 Å². The molecule has 6 heteroatoms. The lowest BCUT2D eigenvalue weighted by Gasteiger charge is -2.20. The smallest absolute Gasteiger partial charge is 0.317 e. The monoisotopic (exact) mass is 296 g/mol. The molecule has 1 aliphatic rings. The molecule has 5 nitrogen and oxygen atoms in total. The van der Waals surface area contributed by atoms with E-state index >= 15 is 0 Å². The summed E-state index contributed by atoms with van der Waals surface area (Å²) in [5.74, 6) is -1.27. The molecule has 2 rings (SSSR count). The number of urea groups is 1. The van der Waals surface area contributed by atoms with Gasteiger partial charge in [0.25, 0.3) is 0 Å². The second-order valence-corrected chi connectivity index (χ2v) is 6.49. The van der Waals surface area contributed by atoms with Crippen LogP contribution in [0.5, 0.6) is 0 Å². The first-order valence-electron chi connectivity index (χ1n) is 6.78. The summed E-state index contributed by atoms with van der Waals surface area (Å²) in [6.07, 6.45) is 0.801. The highest BCUT2D eigenvalue weighted by Gasteiger charge is 2.37. The van der Waals surface area contributed by atoms with E-state index in [1.165, 1.54) is 4.88 Å². The summed E-state index contributed by atoms with van der Waals surface area (Å²) < 4.78 is 0. The molecule has 0 radical (unpaired) electrons. The van der Waals surface area contributed by atoms with E-state index in [-0.39, 0.29) is 18.0 Å². The van der Waals surface area contributed by atoms with Crippen molar-refractivity contribution in [2.24, 2.45) is 11.8 Å². The molecule has 1 aliphatic heterocycles. The van der Waals surface area contributed by atoms with Gasteiger partial charge < -0.3 is 15.3 Å². The van der Waals surface area contributed by atoms with Crippen LogP contribution in [0.2, 0.25) is 0 Å². The van der Waals surface area contributed by atoms with Crippen LogP contribution in [0, 0.1) is 11.8 Å². The van der Waals surface area contributed by atoms with E-state index in [4.69, 9.17) is 5.11 Å². The molecule has 3 atom stereocenters. The Hall–Kier alpha value is -1.56. The van der Waals surface area contributed by atoms with E-state index in [9.17, 15) is 9.59 Å². The van der Waals surface area contributed by atoms with E-state index in [1.54, 1.807) is 16.2 Å². The molecule has 0 spiro atoms. The molecule has 2 amide bonds. The Morgan fingerprint density at radius 2 is 2.30 bits per heavy atom. The van der Waals surface area contributed by atoms with Gasteiger partial charge in [0.2, 0.25) is 0 Å². The maximum atomic E-state index is 12.1. The number of likely N-dealkylation sites (tertiary alicyclic amines) is 1. The molecule has 0 aromatic carbocycles. The Balaban J connectivity index is 1.84. The number of carboxylic acid groups (broad SMARTS) is 1. The lowest BCUT2D eigenvalue weighted by atomic mass is 9.99. The summed E-state index contributed by atoms with van der Waals surface area (Å²) in [4.78, 5) is 26.0. The number of thiophene rings is 1. The number of carbonyl (C=O) groups is 2. The fourth-order valence-electron chi connectivity index (χ4n) is 2.54. The Labute approximate surface area is 122 Å². The van der Waals surface area contributed by atoms with Crippen LogP contribution >= 0.6 is 11.3 Å². The fraction of sp³-hybridized carbons (Fsp3) is 0.571. The maximum Gasteiger partial charge on any atom is 0.317 e. The van der Waals surface area contributed by atoms with Crippen molar-refractivity contribution in [2.45, 2.75) is 26.3 Å². The lowest BCUT2D eigenvalue weighted by Crippen LogP contribution is -2.43. The average Bonchev–Trinajstić information content (AvgIpc) is 2.98. The van der Waals surface area contributed by atoms with E-state index in [2.05, 4.69) is 5.32 Å². The molecule has 1 aromatic rings. The van der Waals surface area contributed by atoms with Gasteiger partial charge in [-0.1, -0.05) is 13.0 Å². The molecule has 0 saturated carbocycles. The zero-order chi connectivity index (χ0) is 14.7. The molecule has 110 valence electrons. The van der Waals surface area contributed by atoms with Crippen LogP contribution in [0.15, 0.2) is 17.5 Å². The van der Waals surface area contributed by atoms with Crippen LogP contribution < -0.4 is 5.32 Å². The minimum atomic E-state index is -0.820. The number of rotatable bonds is 4. The van der Waals surface area contributed by atoms with Crippen molar-refractivity contribution in [3.8, 4) is 0 Å². The van der Waals surface area contributed by atoms with Crippen LogP contribution in [0.3, 0.4) is 0 Å². The van der Waals surface area contributed by atoms with E-state index < -0.39 is 11.9 Å². The van der Waals surface area contributed by atoms with Gasteiger partial charge in [-0.05, 0) is 24.3 Å². The van der Waals surface area contributed by atoms with Crippen LogP contribution in [0.1, 0.15) is 18.7 Å². The van der Waals surface area contributed by atoms with Gasteiger partial charge in [0, 0.05) is 30.4 Å². The van der Waals surface area contributed by atoms with Gasteiger partial charge in [-0.25, -0.2) is 4.79 Å². The van der Waals surface area contributed by atoms with Crippen molar-refractivity contribution in [3.63, 3.8) is 0 Å². The predicted octanol–water partition coefficient (Wildman–Crippen LogP) is 2.04. The third-order valence-electron chi connectivity index (χ3n) is 3.67. The summed E-state index contributed by atoms with van der Waals surface area (Å²) in [7, 11) is 0. The molecule has 20 heavy (non-hydrogen) atoms. The Morgan fingerprint density at radius 1 is 1.55 bits per heavy atom. The minimum absolute atomic E-state index is 0.00542. The molecular formula is C14H20N2O3S. The number of amides is 2. The van der Waals surface area contributed by atoms with Crippen molar-refractivity contribution >= 4 is 23.3 Å². The molecule has 1 unspecified atom stereocenters. The molecule has 0 aliphatic carbocycles. The first-order chi connectivity index (χ1) is 9.47. The summed E-state index contributed by atoms with van der Waals surface area (Å²) in [6.45, 7) is 4.65. The quantitative estimate of drug-likeness (QED) is 0.893. The summed E-state index contributed by atoms with van der Waals surface area (Å²) in [6, 6.07) is 3.92. The molecule has 2 heterocycles. The molecule has 0 bridgehead atoms. The highest BCUT2D eigenvalue weighted by atomic mass is 32.1. The summed E-state index contributed by atoms with van der Waals surface area (Å²) in [5.41, 5.74) is 0. The predicted molar refractivity (Wildman–Crippen MR) is 77.9 cm³/mol. The first kappa shape index (κ1) is 14.8. The van der Waals surface area contributed by atoms with Crippen molar-refractivity contribution in [2.75, 3.05) is 13.1 Å². The summed E-state index contributed by atoms with van der Waals surface area (Å²) in [5, 5.41) is 14.0. The maximum absolute atomic E-state index is 12.1. The number of hydrogen-bond donors (Lipinski definition) is 2. The Kier molecular flexibility index (Phi) is 4.65. The number of aliphatic carboxylic acids is 1. The van der Waals surface area contributed by atoms with Crippen molar-refractivity contribution < 1.29 is 14.7 Å². The third-order valence-corrected chi connectivity index (χ3v) is 4.57. The van der Waals surface area contributed by atoms with Gasteiger partial charge in [-0.2, -0.15) is 0 Å². The van der Waals surface area contributed by atoms with Gasteiger partial charge in [-0.15, -0.1) is 11.3 Å². The number of nitrogens with one attached hydrogen (secondary N) is 1. The standard InChI is InChI=1S/C14H20N2O3S/c1-9-7-16(8-12(9)13(17)18)14(19)15-10(2)6-11-4-3-5-20-11/h3-5,9-10,12H,6-8H2,1-2H3,(H,15,19)(H,17,18)/t9-,10?,12-/m1/s1.